The molecule has 0 saturated heterocycles. The molecule has 12 heavy (non-hydrogen) atoms. The topological polar surface area (TPSA) is 20.3 Å². The summed E-state index contributed by atoms with van der Waals surface area (Å²) in [6.45, 7) is 7.81. The quantitative estimate of drug-likeness (QED) is 0.435. The Labute approximate surface area is 75.3 Å². The minimum absolute atomic E-state index is 0.823. The highest BCUT2D eigenvalue weighted by atomic mass is 16.1. The average Bonchev–Trinajstić information content (AvgIpc) is 2.33. The van der Waals surface area contributed by atoms with E-state index in [2.05, 4.69) is 13.0 Å². The number of nitrogens with zero attached hydrogens (tertiary/aromatic N) is 1. The molecular weight excluding hydrogens is 150 g/mol. The molecule has 1 rings (SSSR count). The molecule has 0 spiro atoms. The van der Waals surface area contributed by atoms with Crippen molar-refractivity contribution in [3.8, 4) is 0 Å². The van der Waals surface area contributed by atoms with Gasteiger partial charge < -0.3 is 4.90 Å². The minimum atomic E-state index is 0.823. The highest BCUT2D eigenvalue weighted by Crippen LogP contribution is 2.06. The first-order valence-electron chi connectivity index (χ1n) is 4.68. The molecular formula is C10H19NO. The number of rotatable bonds is 1. The van der Waals surface area contributed by atoms with Crippen LogP contribution in [0.4, 0.5) is 0 Å². The molecule has 0 aromatic carbocycles. The van der Waals surface area contributed by atoms with Gasteiger partial charge in [0.2, 0.25) is 6.41 Å². The van der Waals surface area contributed by atoms with Crippen LogP contribution >= 0.6 is 0 Å². The number of hydrogen-bond donors (Lipinski definition) is 0. The number of amides is 1. The van der Waals surface area contributed by atoms with Crippen molar-refractivity contribution in [3.05, 3.63) is 11.6 Å². The molecule has 1 aliphatic rings. The van der Waals surface area contributed by atoms with Crippen molar-refractivity contribution in [2.75, 3.05) is 13.1 Å². The van der Waals surface area contributed by atoms with Gasteiger partial charge in [0.05, 0.1) is 0 Å². The van der Waals surface area contributed by atoms with E-state index in [1.165, 1.54) is 5.57 Å². The van der Waals surface area contributed by atoms with Crippen LogP contribution in [-0.2, 0) is 4.79 Å². The summed E-state index contributed by atoms with van der Waals surface area (Å²) in [5, 5.41) is 0. The molecule has 2 nitrogen and oxygen atoms in total. The molecule has 0 aliphatic carbocycles. The van der Waals surface area contributed by atoms with Crippen LogP contribution in [0.1, 0.15) is 33.6 Å². The number of carbonyl (C=O) groups is 1. The van der Waals surface area contributed by atoms with Gasteiger partial charge in [0, 0.05) is 13.1 Å². The van der Waals surface area contributed by atoms with E-state index in [1.807, 2.05) is 18.7 Å². The van der Waals surface area contributed by atoms with E-state index in [-0.39, 0.29) is 0 Å². The average molecular weight is 169 g/mol. The third-order valence-electron chi connectivity index (χ3n) is 1.74. The SMILES string of the molecule is CC.CC1=CCCCN(C=O)C1. The Morgan fingerprint density at radius 3 is 2.75 bits per heavy atom. The molecule has 0 radical (unpaired) electrons. The van der Waals surface area contributed by atoms with Crippen molar-refractivity contribution in [1.29, 1.82) is 0 Å². The maximum atomic E-state index is 10.4. The van der Waals surface area contributed by atoms with Gasteiger partial charge >= 0.3 is 0 Å². The molecule has 0 atom stereocenters. The molecule has 0 fully saturated rings. The fourth-order valence-electron chi connectivity index (χ4n) is 1.20. The van der Waals surface area contributed by atoms with Crippen molar-refractivity contribution in [2.45, 2.75) is 33.6 Å². The lowest BCUT2D eigenvalue weighted by molar-refractivity contribution is -0.117. The first-order valence-corrected chi connectivity index (χ1v) is 4.68. The van der Waals surface area contributed by atoms with E-state index < -0.39 is 0 Å². The van der Waals surface area contributed by atoms with E-state index in [0.29, 0.717) is 0 Å². The predicted octanol–water partition coefficient (Wildman–Crippen LogP) is 2.21. The van der Waals surface area contributed by atoms with Gasteiger partial charge in [-0.1, -0.05) is 25.5 Å². The summed E-state index contributed by atoms with van der Waals surface area (Å²) in [7, 11) is 0. The number of carbonyl (C=O) groups excluding carboxylic acids is 1. The maximum absolute atomic E-state index is 10.4. The minimum Gasteiger partial charge on any atom is -0.341 e. The Bertz CT molecular complexity index is 152. The van der Waals surface area contributed by atoms with Crippen LogP contribution in [-0.4, -0.2) is 24.4 Å². The number of allylic oxidation sites excluding steroid dienone is 1. The molecule has 0 aromatic heterocycles. The number of hydrogen-bond acceptors (Lipinski definition) is 1. The van der Waals surface area contributed by atoms with Crippen LogP contribution in [0.3, 0.4) is 0 Å². The van der Waals surface area contributed by atoms with Crippen molar-refractivity contribution >= 4 is 6.41 Å². The van der Waals surface area contributed by atoms with Gasteiger partial charge in [-0.3, -0.25) is 4.79 Å². The van der Waals surface area contributed by atoms with Crippen LogP contribution < -0.4 is 0 Å². The third kappa shape index (κ3) is 4.16. The zero-order chi connectivity index (χ0) is 9.40. The van der Waals surface area contributed by atoms with E-state index in [9.17, 15) is 4.79 Å². The van der Waals surface area contributed by atoms with Crippen molar-refractivity contribution in [2.24, 2.45) is 0 Å². The van der Waals surface area contributed by atoms with Crippen LogP contribution in [0.2, 0.25) is 0 Å². The fraction of sp³-hybridized carbons (Fsp3) is 0.700. The summed E-state index contributed by atoms with van der Waals surface area (Å²) < 4.78 is 0. The molecule has 0 saturated carbocycles. The summed E-state index contributed by atoms with van der Waals surface area (Å²) in [6, 6.07) is 0. The molecule has 0 N–H and O–H groups in total. The molecule has 0 aromatic rings. The molecule has 1 heterocycles. The lowest BCUT2D eigenvalue weighted by Crippen LogP contribution is -2.23. The Morgan fingerprint density at radius 1 is 1.50 bits per heavy atom. The maximum Gasteiger partial charge on any atom is 0.209 e. The zero-order valence-corrected chi connectivity index (χ0v) is 8.34. The Hall–Kier alpha value is -0.790. The molecule has 0 unspecified atom stereocenters. The summed E-state index contributed by atoms with van der Waals surface area (Å²) in [4.78, 5) is 12.2. The van der Waals surface area contributed by atoms with E-state index in [0.717, 1.165) is 32.3 Å². The molecule has 0 bridgehead atoms. The van der Waals surface area contributed by atoms with Gasteiger partial charge in [0.1, 0.15) is 0 Å². The molecule has 2 heteroatoms. The Morgan fingerprint density at radius 2 is 2.17 bits per heavy atom. The lowest BCUT2D eigenvalue weighted by atomic mass is 10.2. The standard InChI is InChI=1S/C8H13NO.C2H6/c1-8-4-2-3-5-9(6-8)7-10;1-2/h4,7H,2-3,5-6H2,1H3;1-2H3. The smallest absolute Gasteiger partial charge is 0.209 e. The normalized spacial score (nSPS) is 16.9. The van der Waals surface area contributed by atoms with Gasteiger partial charge in [-0.25, -0.2) is 0 Å². The van der Waals surface area contributed by atoms with Crippen LogP contribution in [0, 0.1) is 0 Å². The molecule has 1 amide bonds. The first-order chi connectivity index (χ1) is 5.83. The summed E-state index contributed by atoms with van der Waals surface area (Å²) in [5.74, 6) is 0. The second kappa shape index (κ2) is 6.89. The van der Waals surface area contributed by atoms with Gasteiger partial charge in [-0.15, -0.1) is 0 Å². The molecule has 1 aliphatic heterocycles. The summed E-state index contributed by atoms with van der Waals surface area (Å²) in [6.07, 6.45) is 5.37. The van der Waals surface area contributed by atoms with Crippen molar-refractivity contribution in [1.82, 2.24) is 4.90 Å². The summed E-state index contributed by atoms with van der Waals surface area (Å²) in [5.41, 5.74) is 1.31. The van der Waals surface area contributed by atoms with Crippen LogP contribution in [0.5, 0.6) is 0 Å². The molecule has 70 valence electrons. The van der Waals surface area contributed by atoms with Crippen molar-refractivity contribution < 1.29 is 4.79 Å². The second-order valence-electron chi connectivity index (χ2n) is 2.77. The second-order valence-corrected chi connectivity index (χ2v) is 2.77. The Kier molecular flexibility index (Phi) is 6.44. The third-order valence-corrected chi connectivity index (χ3v) is 1.74. The summed E-state index contributed by atoms with van der Waals surface area (Å²) >= 11 is 0. The van der Waals surface area contributed by atoms with E-state index >= 15 is 0 Å². The van der Waals surface area contributed by atoms with Gasteiger partial charge in [0.25, 0.3) is 0 Å². The largest absolute Gasteiger partial charge is 0.341 e. The van der Waals surface area contributed by atoms with Crippen molar-refractivity contribution in [3.63, 3.8) is 0 Å². The zero-order valence-electron chi connectivity index (χ0n) is 8.34. The monoisotopic (exact) mass is 169 g/mol. The van der Waals surface area contributed by atoms with Crippen LogP contribution in [0.25, 0.3) is 0 Å². The fourth-order valence-corrected chi connectivity index (χ4v) is 1.20. The van der Waals surface area contributed by atoms with Crippen LogP contribution in [0.15, 0.2) is 11.6 Å². The predicted molar refractivity (Wildman–Crippen MR) is 52.0 cm³/mol. The van der Waals surface area contributed by atoms with Gasteiger partial charge in [-0.2, -0.15) is 0 Å². The van der Waals surface area contributed by atoms with Gasteiger partial charge in [-0.05, 0) is 19.8 Å². The first kappa shape index (κ1) is 11.2. The Balaban J connectivity index is 0.000000561. The van der Waals surface area contributed by atoms with E-state index in [1.54, 1.807) is 0 Å². The highest BCUT2D eigenvalue weighted by molar-refractivity contribution is 5.47. The van der Waals surface area contributed by atoms with Gasteiger partial charge in [0.15, 0.2) is 0 Å². The lowest BCUT2D eigenvalue weighted by Gasteiger charge is -2.13. The highest BCUT2D eigenvalue weighted by Gasteiger charge is 2.04. The van der Waals surface area contributed by atoms with E-state index in [4.69, 9.17) is 0 Å².